The van der Waals surface area contributed by atoms with Crippen LogP contribution < -0.4 is 0 Å². The minimum absolute atomic E-state index is 0.0215. The van der Waals surface area contributed by atoms with Crippen LogP contribution in [0.3, 0.4) is 0 Å². The van der Waals surface area contributed by atoms with E-state index in [-0.39, 0.29) is 18.3 Å². The molecule has 2 aromatic carbocycles. The first-order chi connectivity index (χ1) is 10.7. The van der Waals surface area contributed by atoms with Gasteiger partial charge in [0.05, 0.1) is 5.71 Å². The summed E-state index contributed by atoms with van der Waals surface area (Å²) >= 11 is 0. The van der Waals surface area contributed by atoms with Gasteiger partial charge >= 0.3 is 0 Å². The van der Waals surface area contributed by atoms with Crippen molar-refractivity contribution >= 4 is 11.5 Å². The average molecular weight is 295 g/mol. The van der Waals surface area contributed by atoms with Crippen molar-refractivity contribution in [3.8, 4) is 0 Å². The van der Waals surface area contributed by atoms with Crippen LogP contribution in [0.25, 0.3) is 0 Å². The van der Waals surface area contributed by atoms with Gasteiger partial charge in [0.15, 0.2) is 11.9 Å². The van der Waals surface area contributed by atoms with Gasteiger partial charge in [0, 0.05) is 18.4 Å². The molecule has 1 aliphatic rings. The first-order valence-corrected chi connectivity index (χ1v) is 7.28. The maximum absolute atomic E-state index is 12.1. The molecule has 4 nitrogen and oxygen atoms in total. The number of nitrogens with zero attached hydrogens (tertiary/aromatic N) is 1. The number of carbonyl (C=O) groups excluding carboxylic acids is 1. The molecule has 1 heterocycles. The molecule has 4 heteroatoms. The zero-order chi connectivity index (χ0) is 15.4. The summed E-state index contributed by atoms with van der Waals surface area (Å²) < 4.78 is 0. The summed E-state index contributed by atoms with van der Waals surface area (Å²) in [6.45, 7) is 0. The Morgan fingerprint density at radius 2 is 1.77 bits per heavy atom. The van der Waals surface area contributed by atoms with Crippen LogP contribution in [0, 0.1) is 0 Å². The number of aliphatic hydroxyl groups is 1. The molecule has 0 aromatic heterocycles. The summed E-state index contributed by atoms with van der Waals surface area (Å²) in [6.07, 6.45) is -0.555. The monoisotopic (exact) mass is 295 g/mol. The first-order valence-electron chi connectivity index (χ1n) is 7.28. The quantitative estimate of drug-likeness (QED) is 0.862. The standard InChI is InChI=1S/C18H17NO3/c20-16(13-7-3-1-4-8-13)12-17(21)15-11-18(22-19-15)14-9-5-2-6-10-14/h1-10,17-18,21H,11-12H2/t17-,18+/m0/s1. The third-order valence-corrected chi connectivity index (χ3v) is 3.72. The predicted octanol–water partition coefficient (Wildman–Crippen LogP) is 3.14. The zero-order valence-electron chi connectivity index (χ0n) is 12.1. The molecule has 0 radical (unpaired) electrons. The van der Waals surface area contributed by atoms with E-state index in [9.17, 15) is 9.90 Å². The average Bonchev–Trinajstić information content (AvgIpc) is 3.06. The molecule has 0 spiro atoms. The summed E-state index contributed by atoms with van der Waals surface area (Å²) in [5.41, 5.74) is 2.14. The number of oxime groups is 1. The number of rotatable bonds is 5. The van der Waals surface area contributed by atoms with Crippen LogP contribution in [0.2, 0.25) is 0 Å². The van der Waals surface area contributed by atoms with Gasteiger partial charge in [-0.25, -0.2) is 0 Å². The van der Waals surface area contributed by atoms with Gasteiger partial charge in [0.25, 0.3) is 0 Å². The molecule has 22 heavy (non-hydrogen) atoms. The van der Waals surface area contributed by atoms with Gasteiger partial charge in [-0.15, -0.1) is 0 Å². The van der Waals surface area contributed by atoms with Gasteiger partial charge in [-0.3, -0.25) is 4.79 Å². The molecule has 3 rings (SSSR count). The molecule has 1 aliphatic heterocycles. The fourth-order valence-electron chi connectivity index (χ4n) is 2.47. The Morgan fingerprint density at radius 1 is 1.14 bits per heavy atom. The molecular weight excluding hydrogens is 278 g/mol. The van der Waals surface area contributed by atoms with E-state index in [1.165, 1.54) is 0 Å². The number of hydrogen-bond donors (Lipinski definition) is 1. The molecule has 1 N–H and O–H groups in total. The number of aliphatic hydroxyl groups excluding tert-OH is 1. The second kappa shape index (κ2) is 6.54. The fourth-order valence-corrected chi connectivity index (χ4v) is 2.47. The Bertz CT molecular complexity index is 667. The van der Waals surface area contributed by atoms with Crippen molar-refractivity contribution in [2.45, 2.75) is 25.0 Å². The maximum Gasteiger partial charge on any atom is 0.165 e. The molecule has 0 unspecified atom stereocenters. The summed E-state index contributed by atoms with van der Waals surface area (Å²) in [4.78, 5) is 17.5. The Balaban J connectivity index is 1.60. The highest BCUT2D eigenvalue weighted by Crippen LogP contribution is 2.28. The number of Topliss-reactive ketones (excluding diaryl/α,β-unsaturated/α-hetero) is 1. The summed E-state index contributed by atoms with van der Waals surface area (Å²) in [5, 5.41) is 14.2. The van der Waals surface area contributed by atoms with Crippen molar-refractivity contribution < 1.29 is 14.7 Å². The second-order valence-corrected chi connectivity index (χ2v) is 5.30. The second-order valence-electron chi connectivity index (χ2n) is 5.30. The maximum atomic E-state index is 12.1. The van der Waals surface area contributed by atoms with E-state index in [1.807, 2.05) is 36.4 Å². The molecule has 0 bridgehead atoms. The Hall–Kier alpha value is -2.46. The van der Waals surface area contributed by atoms with E-state index in [0.717, 1.165) is 5.56 Å². The smallest absolute Gasteiger partial charge is 0.165 e. The van der Waals surface area contributed by atoms with Crippen LogP contribution in [-0.4, -0.2) is 22.7 Å². The van der Waals surface area contributed by atoms with E-state index >= 15 is 0 Å². The van der Waals surface area contributed by atoms with Gasteiger partial charge in [0.1, 0.15) is 6.10 Å². The third kappa shape index (κ3) is 3.23. The van der Waals surface area contributed by atoms with E-state index in [2.05, 4.69) is 5.16 Å². The highest BCUT2D eigenvalue weighted by atomic mass is 16.6. The van der Waals surface area contributed by atoms with Crippen LogP contribution in [0.4, 0.5) is 0 Å². The van der Waals surface area contributed by atoms with Crippen molar-refractivity contribution in [3.63, 3.8) is 0 Å². The lowest BCUT2D eigenvalue weighted by atomic mass is 9.98. The lowest BCUT2D eigenvalue weighted by Gasteiger charge is -2.10. The van der Waals surface area contributed by atoms with Crippen molar-refractivity contribution in [2.75, 3.05) is 0 Å². The Morgan fingerprint density at radius 3 is 2.45 bits per heavy atom. The molecule has 0 aliphatic carbocycles. The molecular formula is C18H17NO3. The summed E-state index contributed by atoms with van der Waals surface area (Å²) in [6, 6.07) is 18.7. The van der Waals surface area contributed by atoms with Crippen LogP contribution in [-0.2, 0) is 4.84 Å². The Labute approximate surface area is 129 Å². The molecule has 0 fully saturated rings. The minimum Gasteiger partial charge on any atom is -0.387 e. The molecule has 0 saturated carbocycles. The van der Waals surface area contributed by atoms with E-state index in [1.54, 1.807) is 24.3 Å². The number of ketones is 1. The van der Waals surface area contributed by atoms with Crippen molar-refractivity contribution in [1.29, 1.82) is 0 Å². The fraction of sp³-hybridized carbons (Fsp3) is 0.222. The lowest BCUT2D eigenvalue weighted by molar-refractivity contribution is 0.0854. The zero-order valence-corrected chi connectivity index (χ0v) is 12.1. The normalized spacial score (nSPS) is 18.4. The minimum atomic E-state index is -0.901. The van der Waals surface area contributed by atoms with E-state index < -0.39 is 6.10 Å². The molecule has 0 saturated heterocycles. The third-order valence-electron chi connectivity index (χ3n) is 3.72. The van der Waals surface area contributed by atoms with E-state index in [4.69, 9.17) is 4.84 Å². The van der Waals surface area contributed by atoms with Crippen LogP contribution in [0.15, 0.2) is 65.8 Å². The van der Waals surface area contributed by atoms with Crippen molar-refractivity contribution in [2.24, 2.45) is 5.16 Å². The topological polar surface area (TPSA) is 58.9 Å². The Kier molecular flexibility index (Phi) is 4.30. The molecule has 2 atom stereocenters. The summed E-state index contributed by atoms with van der Waals surface area (Å²) in [7, 11) is 0. The SMILES string of the molecule is O=C(C[C@H](O)C1=NO[C@@H](c2ccccc2)C1)c1ccccc1. The van der Waals surface area contributed by atoms with Crippen LogP contribution in [0.5, 0.6) is 0 Å². The predicted molar refractivity (Wildman–Crippen MR) is 83.7 cm³/mol. The first kappa shape index (κ1) is 14.5. The van der Waals surface area contributed by atoms with Crippen LogP contribution >= 0.6 is 0 Å². The number of hydrogen-bond acceptors (Lipinski definition) is 4. The van der Waals surface area contributed by atoms with Crippen LogP contribution in [0.1, 0.15) is 34.9 Å². The highest BCUT2D eigenvalue weighted by molar-refractivity contribution is 6.00. The van der Waals surface area contributed by atoms with Gasteiger partial charge < -0.3 is 9.94 Å². The van der Waals surface area contributed by atoms with Crippen molar-refractivity contribution in [3.05, 3.63) is 71.8 Å². The lowest BCUT2D eigenvalue weighted by Crippen LogP contribution is -2.23. The molecule has 0 amide bonds. The molecule has 112 valence electrons. The van der Waals surface area contributed by atoms with E-state index in [0.29, 0.717) is 17.7 Å². The van der Waals surface area contributed by atoms with Gasteiger partial charge in [-0.1, -0.05) is 65.8 Å². The highest BCUT2D eigenvalue weighted by Gasteiger charge is 2.28. The summed E-state index contributed by atoms with van der Waals surface area (Å²) in [5.74, 6) is -0.0982. The molecule has 2 aromatic rings. The largest absolute Gasteiger partial charge is 0.387 e. The van der Waals surface area contributed by atoms with Gasteiger partial charge in [-0.2, -0.15) is 0 Å². The van der Waals surface area contributed by atoms with Crippen molar-refractivity contribution in [1.82, 2.24) is 0 Å². The number of benzene rings is 2. The number of carbonyl (C=O) groups is 1. The van der Waals surface area contributed by atoms with Gasteiger partial charge in [0.2, 0.25) is 0 Å². The van der Waals surface area contributed by atoms with Gasteiger partial charge in [-0.05, 0) is 5.56 Å².